The number of hydrogen-bond donors (Lipinski definition) is 1. The fraction of sp³-hybridized carbons (Fsp3) is 0.391. The van der Waals surface area contributed by atoms with Crippen LogP contribution < -0.4 is 5.32 Å². The minimum Gasteiger partial charge on any atom is -0.299 e. The Kier molecular flexibility index (Phi) is 5.08. The summed E-state index contributed by atoms with van der Waals surface area (Å²) < 4.78 is 0. The lowest BCUT2D eigenvalue weighted by molar-refractivity contribution is -0.140. The van der Waals surface area contributed by atoms with Crippen LogP contribution in [0.3, 0.4) is 0 Å². The van der Waals surface area contributed by atoms with Gasteiger partial charge in [-0.05, 0) is 49.4 Å². The van der Waals surface area contributed by atoms with Gasteiger partial charge in [-0.3, -0.25) is 19.8 Å². The summed E-state index contributed by atoms with van der Waals surface area (Å²) in [6, 6.07) is 20.6. The summed E-state index contributed by atoms with van der Waals surface area (Å²) in [5.74, 6) is 0.0135. The molecular weight excluding hydrogens is 335 g/mol. The molecule has 2 aliphatic rings. The minimum atomic E-state index is -0.575. The maximum Gasteiger partial charge on any atom is 0.237 e. The molecule has 2 aliphatic heterocycles. The molecule has 2 fully saturated rings. The van der Waals surface area contributed by atoms with Crippen molar-refractivity contribution in [1.29, 1.82) is 0 Å². The van der Waals surface area contributed by atoms with E-state index in [1.54, 1.807) is 0 Å². The number of carbonyl (C=O) groups excluding carboxylic acids is 2. The van der Waals surface area contributed by atoms with E-state index in [9.17, 15) is 9.59 Å². The Morgan fingerprint density at radius 1 is 0.926 bits per heavy atom. The summed E-state index contributed by atoms with van der Waals surface area (Å²) >= 11 is 0. The molecule has 2 heterocycles. The van der Waals surface area contributed by atoms with Gasteiger partial charge in [0.2, 0.25) is 11.8 Å². The zero-order valence-corrected chi connectivity index (χ0v) is 15.6. The molecule has 27 heavy (non-hydrogen) atoms. The third-order valence-corrected chi connectivity index (χ3v) is 6.23. The van der Waals surface area contributed by atoms with Crippen LogP contribution in [0.2, 0.25) is 0 Å². The first-order valence-electron chi connectivity index (χ1n) is 9.84. The predicted octanol–water partition coefficient (Wildman–Crippen LogP) is 3.27. The van der Waals surface area contributed by atoms with E-state index in [1.165, 1.54) is 5.56 Å². The number of hydrogen-bond acceptors (Lipinski definition) is 3. The lowest BCUT2D eigenvalue weighted by Gasteiger charge is -2.45. The van der Waals surface area contributed by atoms with E-state index in [1.807, 2.05) is 36.4 Å². The van der Waals surface area contributed by atoms with E-state index in [2.05, 4.69) is 34.5 Å². The van der Waals surface area contributed by atoms with E-state index >= 15 is 0 Å². The Morgan fingerprint density at radius 3 is 2.19 bits per heavy atom. The number of benzene rings is 2. The van der Waals surface area contributed by atoms with Crippen LogP contribution in [0.15, 0.2) is 60.7 Å². The van der Waals surface area contributed by atoms with Gasteiger partial charge in [0, 0.05) is 13.0 Å². The van der Waals surface area contributed by atoms with Gasteiger partial charge in [-0.25, -0.2) is 0 Å². The van der Waals surface area contributed by atoms with Gasteiger partial charge in [0.1, 0.15) is 0 Å². The lowest BCUT2D eigenvalue weighted by atomic mass is 9.62. The molecule has 2 amide bonds. The third-order valence-electron chi connectivity index (χ3n) is 6.23. The highest BCUT2D eigenvalue weighted by Crippen LogP contribution is 2.44. The molecule has 4 rings (SSSR count). The van der Waals surface area contributed by atoms with Crippen LogP contribution in [0.5, 0.6) is 0 Å². The molecule has 4 nitrogen and oxygen atoms in total. The zero-order valence-electron chi connectivity index (χ0n) is 15.6. The average molecular weight is 361 g/mol. The number of likely N-dealkylation sites (tertiary alicyclic amines) is 1. The molecule has 140 valence electrons. The molecule has 0 saturated carbocycles. The Bertz CT molecular complexity index is 798. The quantitative estimate of drug-likeness (QED) is 0.851. The number of rotatable bonds is 4. The second-order valence-electron chi connectivity index (χ2n) is 7.75. The van der Waals surface area contributed by atoms with Crippen molar-refractivity contribution in [2.24, 2.45) is 5.92 Å². The highest BCUT2D eigenvalue weighted by molar-refractivity contribution is 6.03. The van der Waals surface area contributed by atoms with Crippen molar-refractivity contribution in [2.45, 2.75) is 37.6 Å². The van der Waals surface area contributed by atoms with Crippen molar-refractivity contribution < 1.29 is 9.59 Å². The molecule has 1 atom stereocenters. The molecule has 1 N–H and O–H groups in total. The van der Waals surface area contributed by atoms with Gasteiger partial charge < -0.3 is 0 Å². The maximum atomic E-state index is 13.1. The normalized spacial score (nSPS) is 24.6. The maximum absolute atomic E-state index is 13.1. The van der Waals surface area contributed by atoms with Crippen molar-refractivity contribution in [3.8, 4) is 0 Å². The predicted molar refractivity (Wildman–Crippen MR) is 105 cm³/mol. The van der Waals surface area contributed by atoms with E-state index < -0.39 is 5.41 Å². The molecule has 0 aromatic heterocycles. The van der Waals surface area contributed by atoms with Crippen LogP contribution in [0.1, 0.15) is 36.8 Å². The Hall–Kier alpha value is -2.46. The summed E-state index contributed by atoms with van der Waals surface area (Å²) in [4.78, 5) is 27.3. The molecule has 2 saturated heterocycles. The van der Waals surface area contributed by atoms with Crippen LogP contribution in [-0.2, 0) is 21.5 Å². The Labute approximate surface area is 160 Å². The molecule has 0 bridgehead atoms. The second kappa shape index (κ2) is 7.65. The van der Waals surface area contributed by atoms with Crippen LogP contribution in [-0.4, -0.2) is 29.8 Å². The standard InChI is InChI=1S/C23H26N2O2/c26-21-11-14-23(22(27)24-21,19-9-5-2-6-10-19)20-12-15-25(16-13-20)17-18-7-3-1-4-8-18/h1-10,20H,11-17H2,(H,24,26,27)/t23-/m1/s1/i17-1. The fourth-order valence-electron chi connectivity index (χ4n) is 4.79. The first kappa shape index (κ1) is 17.9. The summed E-state index contributed by atoms with van der Waals surface area (Å²) in [7, 11) is 0. The first-order valence-corrected chi connectivity index (χ1v) is 9.84. The van der Waals surface area contributed by atoms with E-state index in [4.69, 9.17) is 0 Å². The van der Waals surface area contributed by atoms with Crippen molar-refractivity contribution in [1.82, 2.24) is 10.2 Å². The molecule has 2 aromatic rings. The number of amides is 2. The number of imide groups is 1. The van der Waals surface area contributed by atoms with E-state index in [-0.39, 0.29) is 17.7 Å². The summed E-state index contributed by atoms with van der Waals surface area (Å²) in [5, 5.41) is 2.63. The monoisotopic (exact) mass is 361 g/mol. The molecule has 0 radical (unpaired) electrons. The molecule has 0 spiro atoms. The van der Waals surface area contributed by atoms with Gasteiger partial charge in [-0.2, -0.15) is 0 Å². The average Bonchev–Trinajstić information content (AvgIpc) is 2.71. The van der Waals surface area contributed by atoms with Crippen LogP contribution in [0.4, 0.5) is 0 Å². The number of carbonyl (C=O) groups is 2. The summed E-state index contributed by atoms with van der Waals surface area (Å²) in [6.45, 7) is 2.92. The molecule has 0 unspecified atom stereocenters. The van der Waals surface area contributed by atoms with Crippen molar-refractivity contribution in [3.63, 3.8) is 0 Å². The van der Waals surface area contributed by atoms with Crippen molar-refractivity contribution in [3.05, 3.63) is 71.8 Å². The Balaban J connectivity index is 1.53. The van der Waals surface area contributed by atoms with Crippen LogP contribution >= 0.6 is 0 Å². The van der Waals surface area contributed by atoms with Crippen molar-refractivity contribution in [2.75, 3.05) is 13.1 Å². The van der Waals surface area contributed by atoms with Gasteiger partial charge in [0.05, 0.1) is 5.41 Å². The third kappa shape index (κ3) is 3.54. The lowest BCUT2D eigenvalue weighted by Crippen LogP contribution is -2.57. The van der Waals surface area contributed by atoms with Gasteiger partial charge in [-0.15, -0.1) is 0 Å². The Morgan fingerprint density at radius 2 is 1.56 bits per heavy atom. The molecular formula is C23H26N2O2. The number of nitrogens with one attached hydrogen (secondary N) is 1. The summed E-state index contributed by atoms with van der Waals surface area (Å²) in [6.07, 6.45) is 2.99. The fourth-order valence-corrected chi connectivity index (χ4v) is 4.79. The smallest absolute Gasteiger partial charge is 0.237 e. The second-order valence-corrected chi connectivity index (χ2v) is 7.75. The van der Waals surface area contributed by atoms with Gasteiger partial charge in [0.15, 0.2) is 0 Å². The zero-order chi connectivity index (χ0) is 18.7. The topological polar surface area (TPSA) is 49.4 Å². The molecule has 4 heteroatoms. The van der Waals surface area contributed by atoms with Gasteiger partial charge in [0.25, 0.3) is 0 Å². The van der Waals surface area contributed by atoms with E-state index in [0.717, 1.165) is 38.0 Å². The molecule has 2 aromatic carbocycles. The largest absolute Gasteiger partial charge is 0.299 e. The highest BCUT2D eigenvalue weighted by Gasteiger charge is 2.50. The number of nitrogens with zero attached hydrogens (tertiary/aromatic N) is 1. The number of piperidine rings is 2. The van der Waals surface area contributed by atoms with Gasteiger partial charge >= 0.3 is 0 Å². The van der Waals surface area contributed by atoms with E-state index in [0.29, 0.717) is 12.8 Å². The SMILES string of the molecule is O=C1CC[C@@](c2ccccc2)(C2CCN([11CH2]c3ccccc3)CC2)C(=O)N1. The molecule has 0 aliphatic carbocycles. The minimum absolute atomic E-state index is 0.105. The summed E-state index contributed by atoms with van der Waals surface area (Å²) in [5.41, 5.74) is 1.81. The highest BCUT2D eigenvalue weighted by atomic mass is 16.2. The van der Waals surface area contributed by atoms with Gasteiger partial charge in [-0.1, -0.05) is 60.7 Å². The van der Waals surface area contributed by atoms with Crippen molar-refractivity contribution >= 4 is 11.8 Å². The first-order chi connectivity index (χ1) is 13.2. The van der Waals surface area contributed by atoms with Crippen LogP contribution in [0.25, 0.3) is 0 Å². The van der Waals surface area contributed by atoms with Crippen LogP contribution in [0, 0.1) is 5.92 Å².